The van der Waals surface area contributed by atoms with Crippen molar-refractivity contribution in [3.8, 4) is 6.07 Å². The van der Waals surface area contributed by atoms with Gasteiger partial charge in [-0.15, -0.1) is 0 Å². The lowest BCUT2D eigenvalue weighted by molar-refractivity contribution is -0.113. The van der Waals surface area contributed by atoms with Crippen molar-refractivity contribution in [1.29, 1.82) is 5.26 Å². The SMILES string of the molecule is Cc1cc(SCC(=O)Nc2ccc(C#N)cc2)n(C)n1. The van der Waals surface area contributed by atoms with Crippen LogP contribution in [0.3, 0.4) is 0 Å². The average Bonchev–Trinajstić information content (AvgIpc) is 2.75. The van der Waals surface area contributed by atoms with Crippen LogP contribution in [0.25, 0.3) is 0 Å². The van der Waals surface area contributed by atoms with Crippen LogP contribution in [-0.2, 0) is 11.8 Å². The molecule has 20 heavy (non-hydrogen) atoms. The molecule has 1 heterocycles. The average molecular weight is 286 g/mol. The molecule has 0 aliphatic rings. The van der Waals surface area contributed by atoms with Gasteiger partial charge in [0.05, 0.1) is 28.1 Å². The van der Waals surface area contributed by atoms with E-state index in [1.54, 1.807) is 28.9 Å². The van der Waals surface area contributed by atoms with E-state index in [2.05, 4.69) is 10.4 Å². The smallest absolute Gasteiger partial charge is 0.234 e. The number of thioether (sulfide) groups is 1. The van der Waals surface area contributed by atoms with Gasteiger partial charge in [-0.1, -0.05) is 11.8 Å². The predicted molar refractivity (Wildman–Crippen MR) is 78.5 cm³/mol. The number of hydrogen-bond acceptors (Lipinski definition) is 4. The van der Waals surface area contributed by atoms with E-state index < -0.39 is 0 Å². The Morgan fingerprint density at radius 3 is 2.70 bits per heavy atom. The van der Waals surface area contributed by atoms with E-state index in [-0.39, 0.29) is 5.91 Å². The summed E-state index contributed by atoms with van der Waals surface area (Å²) in [5, 5.41) is 16.7. The number of carbonyl (C=O) groups is 1. The van der Waals surface area contributed by atoms with Gasteiger partial charge in [0, 0.05) is 12.7 Å². The molecule has 1 amide bonds. The molecule has 0 radical (unpaired) electrons. The van der Waals surface area contributed by atoms with Crippen molar-refractivity contribution in [2.75, 3.05) is 11.1 Å². The third-order valence-corrected chi connectivity index (χ3v) is 3.69. The Hall–Kier alpha value is -2.26. The van der Waals surface area contributed by atoms with E-state index in [4.69, 9.17) is 5.26 Å². The number of carbonyl (C=O) groups excluding carboxylic acids is 1. The van der Waals surface area contributed by atoms with Gasteiger partial charge in [0.2, 0.25) is 5.91 Å². The second-order valence-electron chi connectivity index (χ2n) is 4.27. The van der Waals surface area contributed by atoms with Crippen molar-refractivity contribution in [3.63, 3.8) is 0 Å². The van der Waals surface area contributed by atoms with Crippen LogP contribution in [0.1, 0.15) is 11.3 Å². The topological polar surface area (TPSA) is 70.7 Å². The standard InChI is InChI=1S/C14H14N4OS/c1-10-7-14(18(2)17-10)20-9-13(19)16-12-5-3-11(8-15)4-6-12/h3-7H,9H2,1-2H3,(H,16,19). The number of aryl methyl sites for hydroxylation is 2. The van der Waals surface area contributed by atoms with Crippen LogP contribution in [0, 0.1) is 18.3 Å². The zero-order chi connectivity index (χ0) is 14.5. The molecular formula is C14H14N4OS. The Balaban J connectivity index is 1.89. The van der Waals surface area contributed by atoms with Gasteiger partial charge in [-0.2, -0.15) is 10.4 Å². The maximum Gasteiger partial charge on any atom is 0.234 e. The van der Waals surface area contributed by atoms with E-state index >= 15 is 0 Å². The van der Waals surface area contributed by atoms with E-state index in [1.807, 2.05) is 26.1 Å². The third kappa shape index (κ3) is 3.62. The van der Waals surface area contributed by atoms with Crippen molar-refractivity contribution in [3.05, 3.63) is 41.6 Å². The largest absolute Gasteiger partial charge is 0.325 e. The number of amides is 1. The van der Waals surface area contributed by atoms with E-state index in [9.17, 15) is 4.79 Å². The Kier molecular flexibility index (Phi) is 4.43. The van der Waals surface area contributed by atoms with Crippen molar-refractivity contribution >= 4 is 23.4 Å². The summed E-state index contributed by atoms with van der Waals surface area (Å²) < 4.78 is 1.76. The second-order valence-corrected chi connectivity index (χ2v) is 5.27. The van der Waals surface area contributed by atoms with Gasteiger partial charge in [0.1, 0.15) is 0 Å². The fraction of sp³-hybridized carbons (Fsp3) is 0.214. The fourth-order valence-electron chi connectivity index (χ4n) is 1.69. The lowest BCUT2D eigenvalue weighted by atomic mass is 10.2. The number of nitrogens with zero attached hydrogens (tertiary/aromatic N) is 3. The van der Waals surface area contributed by atoms with E-state index in [0.29, 0.717) is 17.0 Å². The quantitative estimate of drug-likeness (QED) is 0.876. The first-order valence-electron chi connectivity index (χ1n) is 6.02. The Morgan fingerprint density at radius 2 is 2.15 bits per heavy atom. The summed E-state index contributed by atoms with van der Waals surface area (Å²) in [5.74, 6) is 0.234. The molecule has 0 saturated carbocycles. The summed E-state index contributed by atoms with van der Waals surface area (Å²) >= 11 is 1.44. The molecule has 6 heteroatoms. The van der Waals surface area contributed by atoms with Gasteiger partial charge in [-0.25, -0.2) is 0 Å². The van der Waals surface area contributed by atoms with Crippen LogP contribution in [0.15, 0.2) is 35.4 Å². The Labute approximate surface area is 121 Å². The molecule has 1 aromatic carbocycles. The normalized spacial score (nSPS) is 10.1. The minimum absolute atomic E-state index is 0.0847. The molecule has 0 fully saturated rings. The van der Waals surface area contributed by atoms with Gasteiger partial charge < -0.3 is 5.32 Å². The van der Waals surface area contributed by atoms with Gasteiger partial charge in [-0.3, -0.25) is 9.48 Å². The van der Waals surface area contributed by atoms with Gasteiger partial charge in [0.15, 0.2) is 0 Å². The number of rotatable bonds is 4. The van der Waals surface area contributed by atoms with E-state index in [0.717, 1.165) is 10.7 Å². The monoisotopic (exact) mass is 286 g/mol. The molecule has 1 N–H and O–H groups in total. The molecule has 0 unspecified atom stereocenters. The highest BCUT2D eigenvalue weighted by Crippen LogP contribution is 2.18. The van der Waals surface area contributed by atoms with Gasteiger partial charge in [-0.05, 0) is 37.3 Å². The van der Waals surface area contributed by atoms with Gasteiger partial charge >= 0.3 is 0 Å². The summed E-state index contributed by atoms with van der Waals surface area (Å²) in [6.45, 7) is 1.92. The van der Waals surface area contributed by atoms with Crippen LogP contribution in [-0.4, -0.2) is 21.4 Å². The summed E-state index contributed by atoms with van der Waals surface area (Å²) in [7, 11) is 1.86. The second kappa shape index (κ2) is 6.26. The summed E-state index contributed by atoms with van der Waals surface area (Å²) in [4.78, 5) is 11.8. The predicted octanol–water partition coefficient (Wildman–Crippen LogP) is 2.33. The van der Waals surface area contributed by atoms with E-state index in [1.165, 1.54) is 11.8 Å². The first kappa shape index (κ1) is 14.2. The molecule has 1 aromatic heterocycles. The highest BCUT2D eigenvalue weighted by atomic mass is 32.2. The highest BCUT2D eigenvalue weighted by Gasteiger charge is 2.07. The Morgan fingerprint density at radius 1 is 1.45 bits per heavy atom. The number of aromatic nitrogens is 2. The molecule has 0 aliphatic heterocycles. The third-order valence-electron chi connectivity index (χ3n) is 2.61. The fourth-order valence-corrected chi connectivity index (χ4v) is 2.52. The molecule has 0 saturated heterocycles. The number of nitriles is 1. The van der Waals surface area contributed by atoms with Crippen LogP contribution in [0.4, 0.5) is 5.69 Å². The molecule has 0 spiro atoms. The molecule has 0 aliphatic carbocycles. The Bertz CT molecular complexity index is 655. The van der Waals surface area contributed by atoms with Crippen molar-refractivity contribution in [2.45, 2.75) is 11.9 Å². The number of nitrogens with one attached hydrogen (secondary N) is 1. The summed E-state index contributed by atoms with van der Waals surface area (Å²) in [6.07, 6.45) is 0. The van der Waals surface area contributed by atoms with Crippen molar-refractivity contribution in [1.82, 2.24) is 9.78 Å². The molecule has 2 rings (SSSR count). The maximum atomic E-state index is 11.8. The number of anilines is 1. The van der Waals surface area contributed by atoms with Gasteiger partial charge in [0.25, 0.3) is 0 Å². The summed E-state index contributed by atoms with van der Waals surface area (Å²) in [5.41, 5.74) is 2.20. The van der Waals surface area contributed by atoms with Crippen LogP contribution in [0.5, 0.6) is 0 Å². The van der Waals surface area contributed by atoms with Crippen LogP contribution in [0.2, 0.25) is 0 Å². The van der Waals surface area contributed by atoms with Crippen LogP contribution < -0.4 is 5.32 Å². The maximum absolute atomic E-state index is 11.8. The lowest BCUT2D eigenvalue weighted by Crippen LogP contribution is -2.14. The van der Waals surface area contributed by atoms with Crippen molar-refractivity contribution in [2.24, 2.45) is 7.05 Å². The zero-order valence-electron chi connectivity index (χ0n) is 11.3. The number of benzene rings is 1. The number of hydrogen-bond donors (Lipinski definition) is 1. The highest BCUT2D eigenvalue weighted by molar-refractivity contribution is 7.99. The molecule has 0 bridgehead atoms. The summed E-state index contributed by atoms with van der Waals surface area (Å²) in [6, 6.07) is 10.8. The minimum atomic E-state index is -0.0847. The minimum Gasteiger partial charge on any atom is -0.325 e. The molecule has 102 valence electrons. The van der Waals surface area contributed by atoms with Crippen LogP contribution >= 0.6 is 11.8 Å². The molecule has 2 aromatic rings. The molecule has 0 atom stereocenters. The lowest BCUT2D eigenvalue weighted by Gasteiger charge is -2.05. The zero-order valence-corrected chi connectivity index (χ0v) is 12.1. The van der Waals surface area contributed by atoms with Crippen molar-refractivity contribution < 1.29 is 4.79 Å². The first-order valence-corrected chi connectivity index (χ1v) is 7.00. The molecule has 5 nitrogen and oxygen atoms in total. The first-order chi connectivity index (χ1) is 9.58. The molecular weight excluding hydrogens is 272 g/mol.